The van der Waals surface area contributed by atoms with E-state index in [4.69, 9.17) is 0 Å². The first-order valence-corrected chi connectivity index (χ1v) is 3.87. The van der Waals surface area contributed by atoms with Gasteiger partial charge in [0.05, 0.1) is 0 Å². The third kappa shape index (κ3) is 5.67. The number of rotatable bonds is 3. The quantitative estimate of drug-likeness (QED) is 0.637. The second-order valence-corrected chi connectivity index (χ2v) is 3.87. The molecule has 1 nitrogen and oxygen atoms in total. The van der Waals surface area contributed by atoms with Crippen LogP contribution in [0.25, 0.3) is 0 Å². The third-order valence-corrected chi connectivity index (χ3v) is 1.30. The van der Waals surface area contributed by atoms with Gasteiger partial charge in [0, 0.05) is 12.2 Å². The number of allylic oxidation sites excluding steroid dienone is 1. The Hall–Kier alpha value is -0.460. The van der Waals surface area contributed by atoms with E-state index in [2.05, 4.69) is 39.6 Å². The highest BCUT2D eigenvalue weighted by Gasteiger charge is 2.08. The van der Waals surface area contributed by atoms with Crippen molar-refractivity contribution >= 4 is 0 Å². The van der Waals surface area contributed by atoms with E-state index >= 15 is 0 Å². The van der Waals surface area contributed by atoms with Gasteiger partial charge in [0.1, 0.15) is 0 Å². The molecule has 0 saturated heterocycles. The molecule has 0 radical (unpaired) electrons. The van der Waals surface area contributed by atoms with Crippen molar-refractivity contribution in [3.05, 3.63) is 12.3 Å². The van der Waals surface area contributed by atoms with Gasteiger partial charge >= 0.3 is 0 Å². The molecule has 0 aromatic rings. The first-order valence-electron chi connectivity index (χ1n) is 3.87. The van der Waals surface area contributed by atoms with Gasteiger partial charge in [0.2, 0.25) is 0 Å². The Bertz CT molecular complexity index is 108. The lowest BCUT2D eigenvalue weighted by molar-refractivity contribution is 0.395. The molecular formula is C9H19N. The van der Waals surface area contributed by atoms with E-state index in [1.165, 1.54) is 0 Å². The van der Waals surface area contributed by atoms with Crippen LogP contribution < -0.4 is 5.32 Å². The monoisotopic (exact) mass is 141 g/mol. The summed E-state index contributed by atoms with van der Waals surface area (Å²) in [5.74, 6) is 0. The Morgan fingerprint density at radius 1 is 1.40 bits per heavy atom. The van der Waals surface area contributed by atoms with E-state index in [0.29, 0.717) is 5.41 Å². The number of hydrogen-bond acceptors (Lipinski definition) is 1. The molecule has 0 spiro atoms. The van der Waals surface area contributed by atoms with E-state index < -0.39 is 0 Å². The van der Waals surface area contributed by atoms with Gasteiger partial charge in [0.25, 0.3) is 0 Å². The van der Waals surface area contributed by atoms with Crippen LogP contribution in [0.5, 0.6) is 0 Å². The molecule has 0 aromatic heterocycles. The largest absolute Gasteiger partial charge is 0.388 e. The van der Waals surface area contributed by atoms with E-state index in [1.54, 1.807) is 0 Å². The maximum absolute atomic E-state index is 3.87. The summed E-state index contributed by atoms with van der Waals surface area (Å²) in [5, 5.41) is 3.28. The van der Waals surface area contributed by atoms with Gasteiger partial charge in [-0.2, -0.15) is 0 Å². The molecule has 1 heteroatoms. The van der Waals surface area contributed by atoms with Crippen molar-refractivity contribution in [3.63, 3.8) is 0 Å². The summed E-state index contributed by atoms with van der Waals surface area (Å²) in [7, 11) is 0. The van der Waals surface area contributed by atoms with Gasteiger partial charge < -0.3 is 5.32 Å². The molecule has 0 aliphatic heterocycles. The van der Waals surface area contributed by atoms with Crippen LogP contribution in [0, 0.1) is 5.41 Å². The number of nitrogens with one attached hydrogen (secondary N) is 1. The Labute approximate surface area is 64.5 Å². The minimum absolute atomic E-state index is 0.359. The third-order valence-electron chi connectivity index (χ3n) is 1.30. The molecule has 0 fully saturated rings. The van der Waals surface area contributed by atoms with E-state index in [-0.39, 0.29) is 0 Å². The Morgan fingerprint density at radius 2 is 1.90 bits per heavy atom. The van der Waals surface area contributed by atoms with Crippen LogP contribution in [0.4, 0.5) is 0 Å². The predicted octanol–water partition coefficient (Wildman–Crippen LogP) is 2.55. The van der Waals surface area contributed by atoms with E-state index in [0.717, 1.165) is 18.7 Å². The zero-order chi connectivity index (χ0) is 8.20. The summed E-state index contributed by atoms with van der Waals surface area (Å²) < 4.78 is 0. The zero-order valence-corrected chi connectivity index (χ0v) is 7.62. The molecule has 0 amide bonds. The van der Waals surface area contributed by atoms with Gasteiger partial charge in [-0.15, -0.1) is 0 Å². The topological polar surface area (TPSA) is 12.0 Å². The van der Waals surface area contributed by atoms with Crippen LogP contribution in [0.2, 0.25) is 0 Å². The Morgan fingerprint density at radius 3 is 2.20 bits per heavy atom. The zero-order valence-electron chi connectivity index (χ0n) is 7.62. The van der Waals surface area contributed by atoms with Gasteiger partial charge in [-0.1, -0.05) is 34.3 Å². The van der Waals surface area contributed by atoms with Gasteiger partial charge in [0.15, 0.2) is 0 Å². The van der Waals surface area contributed by atoms with E-state index in [9.17, 15) is 0 Å². The van der Waals surface area contributed by atoms with Crippen LogP contribution in [0.1, 0.15) is 34.1 Å². The van der Waals surface area contributed by atoms with Gasteiger partial charge in [-0.25, -0.2) is 0 Å². The molecule has 0 saturated carbocycles. The van der Waals surface area contributed by atoms with Gasteiger partial charge in [-0.3, -0.25) is 0 Å². The lowest BCUT2D eigenvalue weighted by Crippen LogP contribution is -2.25. The fourth-order valence-electron chi connectivity index (χ4n) is 0.515. The van der Waals surface area contributed by atoms with Gasteiger partial charge in [-0.05, 0) is 11.8 Å². The molecule has 0 atom stereocenters. The SMILES string of the molecule is C=C(CC)NCC(C)(C)C. The fraction of sp³-hybridized carbons (Fsp3) is 0.778. The van der Waals surface area contributed by atoms with Crippen molar-refractivity contribution in [2.45, 2.75) is 34.1 Å². The second kappa shape index (κ2) is 3.65. The van der Waals surface area contributed by atoms with Crippen LogP contribution in [0.3, 0.4) is 0 Å². The van der Waals surface area contributed by atoms with Crippen molar-refractivity contribution in [2.24, 2.45) is 5.41 Å². The summed E-state index contributed by atoms with van der Waals surface area (Å²) in [4.78, 5) is 0. The Kier molecular flexibility index (Phi) is 3.48. The summed E-state index contributed by atoms with van der Waals surface area (Å²) in [5.41, 5.74) is 1.49. The smallest absolute Gasteiger partial charge is 0.0192 e. The normalized spacial score (nSPS) is 11.2. The lowest BCUT2D eigenvalue weighted by atomic mass is 9.97. The molecule has 0 bridgehead atoms. The highest BCUT2D eigenvalue weighted by atomic mass is 14.9. The highest BCUT2D eigenvalue weighted by molar-refractivity contribution is 4.90. The van der Waals surface area contributed by atoms with Crippen molar-refractivity contribution < 1.29 is 0 Å². The predicted molar refractivity (Wildman–Crippen MR) is 46.9 cm³/mol. The standard InChI is InChI=1S/C9H19N/c1-6-8(2)10-7-9(3,4)5/h10H,2,6-7H2,1,3-5H3. The molecule has 0 rings (SSSR count). The summed E-state index contributed by atoms with van der Waals surface area (Å²) in [6, 6.07) is 0. The van der Waals surface area contributed by atoms with Crippen molar-refractivity contribution in [1.82, 2.24) is 5.32 Å². The molecule has 0 aliphatic carbocycles. The average Bonchev–Trinajstić information content (AvgIpc) is 1.81. The molecule has 60 valence electrons. The summed E-state index contributed by atoms with van der Waals surface area (Å²) in [6.07, 6.45) is 1.02. The lowest BCUT2D eigenvalue weighted by Gasteiger charge is -2.20. The van der Waals surface area contributed by atoms with E-state index in [1.807, 2.05) is 0 Å². The maximum atomic E-state index is 3.87. The molecule has 1 N–H and O–H groups in total. The number of hydrogen-bond donors (Lipinski definition) is 1. The van der Waals surface area contributed by atoms with Crippen LogP contribution in [-0.4, -0.2) is 6.54 Å². The molecule has 0 unspecified atom stereocenters. The fourth-order valence-corrected chi connectivity index (χ4v) is 0.515. The van der Waals surface area contributed by atoms with Crippen LogP contribution in [-0.2, 0) is 0 Å². The van der Waals surface area contributed by atoms with Crippen molar-refractivity contribution in [2.75, 3.05) is 6.54 Å². The van der Waals surface area contributed by atoms with Crippen LogP contribution in [0.15, 0.2) is 12.3 Å². The summed E-state index contributed by atoms with van der Waals surface area (Å²) in [6.45, 7) is 13.6. The first-order chi connectivity index (χ1) is 4.45. The molecule has 0 aromatic carbocycles. The maximum Gasteiger partial charge on any atom is 0.0192 e. The first kappa shape index (κ1) is 9.54. The van der Waals surface area contributed by atoms with Crippen LogP contribution >= 0.6 is 0 Å². The Balaban J connectivity index is 3.46. The van der Waals surface area contributed by atoms with Crippen molar-refractivity contribution in [3.8, 4) is 0 Å². The average molecular weight is 141 g/mol. The highest BCUT2D eigenvalue weighted by Crippen LogP contribution is 2.11. The molecular weight excluding hydrogens is 122 g/mol. The minimum atomic E-state index is 0.359. The van der Waals surface area contributed by atoms with Crippen molar-refractivity contribution in [1.29, 1.82) is 0 Å². The molecule has 10 heavy (non-hydrogen) atoms. The second-order valence-electron chi connectivity index (χ2n) is 3.87. The summed E-state index contributed by atoms with van der Waals surface area (Å²) >= 11 is 0. The molecule has 0 heterocycles. The minimum Gasteiger partial charge on any atom is -0.388 e. The molecule has 0 aliphatic rings.